The predicted molar refractivity (Wildman–Crippen MR) is 118 cm³/mol. The average Bonchev–Trinajstić information content (AvgIpc) is 2.98. The third-order valence-corrected chi connectivity index (χ3v) is 6.11. The van der Waals surface area contributed by atoms with Crippen molar-refractivity contribution in [3.63, 3.8) is 0 Å². The van der Waals surface area contributed by atoms with E-state index in [0.717, 1.165) is 16.7 Å². The highest BCUT2D eigenvalue weighted by Crippen LogP contribution is 2.37. The molecule has 2 aromatic heterocycles. The van der Waals surface area contributed by atoms with Crippen LogP contribution in [0.2, 0.25) is 5.02 Å². The SMILES string of the molecule is CS(=O)(=O)Nc1cc(Cl)cc(NC(=O)c2cc3c(s2)CC(=O)Nc2cccnc2-3)c1. The molecule has 3 N–H and O–H groups in total. The van der Waals surface area contributed by atoms with Crippen LogP contribution in [0.25, 0.3) is 11.3 Å². The first-order chi connectivity index (χ1) is 14.2. The number of pyridine rings is 1. The lowest BCUT2D eigenvalue weighted by Crippen LogP contribution is -2.13. The molecule has 1 aromatic carbocycles. The van der Waals surface area contributed by atoms with Gasteiger partial charge < -0.3 is 10.6 Å². The number of thiophene rings is 1. The molecular formula is C19H15ClN4O4S2. The first kappa shape index (κ1) is 20.3. The van der Waals surface area contributed by atoms with Crippen molar-refractivity contribution in [2.24, 2.45) is 0 Å². The maximum absolute atomic E-state index is 12.8. The normalized spacial score (nSPS) is 12.9. The zero-order chi connectivity index (χ0) is 21.5. The summed E-state index contributed by atoms with van der Waals surface area (Å²) in [6.07, 6.45) is 2.79. The molecule has 3 heterocycles. The largest absolute Gasteiger partial charge is 0.324 e. The van der Waals surface area contributed by atoms with Crippen molar-refractivity contribution < 1.29 is 18.0 Å². The number of hydrogen-bond donors (Lipinski definition) is 3. The monoisotopic (exact) mass is 462 g/mol. The van der Waals surface area contributed by atoms with E-state index in [9.17, 15) is 18.0 Å². The van der Waals surface area contributed by atoms with Crippen LogP contribution in [0.4, 0.5) is 17.1 Å². The van der Waals surface area contributed by atoms with Crippen molar-refractivity contribution in [3.8, 4) is 11.3 Å². The van der Waals surface area contributed by atoms with Gasteiger partial charge in [0.2, 0.25) is 15.9 Å². The summed E-state index contributed by atoms with van der Waals surface area (Å²) < 4.78 is 25.2. The van der Waals surface area contributed by atoms with Gasteiger partial charge >= 0.3 is 0 Å². The first-order valence-electron chi connectivity index (χ1n) is 8.65. The summed E-state index contributed by atoms with van der Waals surface area (Å²) >= 11 is 7.25. The average molecular weight is 463 g/mol. The molecular weight excluding hydrogens is 448 g/mol. The summed E-state index contributed by atoms with van der Waals surface area (Å²) in [5, 5.41) is 5.79. The standard InChI is InChI=1S/C19H15ClN4O4S2/c1-30(27,28)24-12-6-10(20)5-11(7-12)22-19(26)16-8-13-15(29-16)9-17(25)23-14-3-2-4-21-18(13)14/h2-8,24H,9H2,1H3,(H,22,26)(H,23,25). The maximum Gasteiger partial charge on any atom is 0.265 e. The lowest BCUT2D eigenvalue weighted by Gasteiger charge is -2.09. The predicted octanol–water partition coefficient (Wildman–Crippen LogP) is 3.58. The summed E-state index contributed by atoms with van der Waals surface area (Å²) in [7, 11) is -3.49. The van der Waals surface area contributed by atoms with Gasteiger partial charge in [-0.25, -0.2) is 8.42 Å². The Labute approximate surface area is 181 Å². The number of nitrogens with zero attached hydrogens (tertiary/aromatic N) is 1. The van der Waals surface area contributed by atoms with Crippen LogP contribution in [0.15, 0.2) is 42.6 Å². The quantitative estimate of drug-likeness (QED) is 0.547. The number of sulfonamides is 1. The summed E-state index contributed by atoms with van der Waals surface area (Å²) in [4.78, 5) is 30.5. The van der Waals surface area contributed by atoms with E-state index in [1.807, 2.05) is 0 Å². The smallest absolute Gasteiger partial charge is 0.265 e. The Bertz CT molecular complexity index is 1290. The molecule has 0 atom stereocenters. The number of carbonyl (C=O) groups is 2. The topological polar surface area (TPSA) is 117 Å². The van der Waals surface area contributed by atoms with Gasteiger partial charge in [-0.3, -0.25) is 19.3 Å². The highest BCUT2D eigenvalue weighted by atomic mass is 35.5. The van der Waals surface area contributed by atoms with Crippen molar-refractivity contribution in [2.75, 3.05) is 21.6 Å². The molecule has 8 nitrogen and oxygen atoms in total. The first-order valence-corrected chi connectivity index (χ1v) is 11.7. The minimum atomic E-state index is -3.49. The van der Waals surface area contributed by atoms with Gasteiger partial charge in [0.15, 0.2) is 0 Å². The number of rotatable bonds is 4. The molecule has 0 saturated carbocycles. The van der Waals surface area contributed by atoms with E-state index in [1.165, 1.54) is 29.5 Å². The van der Waals surface area contributed by atoms with Crippen LogP contribution in [-0.2, 0) is 21.2 Å². The van der Waals surface area contributed by atoms with Crippen molar-refractivity contribution in [1.29, 1.82) is 0 Å². The van der Waals surface area contributed by atoms with E-state index in [-0.39, 0.29) is 23.0 Å². The van der Waals surface area contributed by atoms with Crippen molar-refractivity contribution in [3.05, 3.63) is 57.4 Å². The number of halogens is 1. The molecule has 0 fully saturated rings. The van der Waals surface area contributed by atoms with E-state index in [4.69, 9.17) is 11.6 Å². The van der Waals surface area contributed by atoms with Crippen LogP contribution in [0.3, 0.4) is 0 Å². The van der Waals surface area contributed by atoms with E-state index >= 15 is 0 Å². The molecule has 0 radical (unpaired) electrons. The minimum Gasteiger partial charge on any atom is -0.324 e. The van der Waals surface area contributed by atoms with E-state index in [0.29, 0.717) is 21.9 Å². The third kappa shape index (κ3) is 4.45. The van der Waals surface area contributed by atoms with E-state index < -0.39 is 15.9 Å². The minimum absolute atomic E-state index is 0.142. The second-order valence-electron chi connectivity index (χ2n) is 6.63. The van der Waals surface area contributed by atoms with Crippen LogP contribution in [0.5, 0.6) is 0 Å². The zero-order valence-corrected chi connectivity index (χ0v) is 17.9. The molecule has 1 aliphatic rings. The number of anilines is 3. The lowest BCUT2D eigenvalue weighted by atomic mass is 10.1. The number of carbonyl (C=O) groups excluding carboxylic acids is 2. The molecule has 2 amide bonds. The van der Waals surface area contributed by atoms with Crippen LogP contribution in [0.1, 0.15) is 14.5 Å². The number of aromatic nitrogens is 1. The van der Waals surface area contributed by atoms with Crippen LogP contribution in [0, 0.1) is 0 Å². The van der Waals surface area contributed by atoms with Gasteiger partial charge in [0.1, 0.15) is 0 Å². The second-order valence-corrected chi connectivity index (χ2v) is 9.95. The van der Waals surface area contributed by atoms with Gasteiger partial charge in [-0.1, -0.05) is 11.6 Å². The third-order valence-electron chi connectivity index (χ3n) is 4.15. The van der Waals surface area contributed by atoms with Gasteiger partial charge in [0.05, 0.1) is 34.6 Å². The number of benzene rings is 1. The Morgan fingerprint density at radius 3 is 2.77 bits per heavy atom. The van der Waals surface area contributed by atoms with Crippen molar-refractivity contribution in [2.45, 2.75) is 6.42 Å². The van der Waals surface area contributed by atoms with Gasteiger partial charge in [0.25, 0.3) is 5.91 Å². The molecule has 4 rings (SSSR count). The molecule has 0 bridgehead atoms. The van der Waals surface area contributed by atoms with Crippen LogP contribution < -0.4 is 15.4 Å². The Balaban J connectivity index is 1.64. The van der Waals surface area contributed by atoms with Crippen LogP contribution >= 0.6 is 22.9 Å². The molecule has 1 aliphatic heterocycles. The fraction of sp³-hybridized carbons (Fsp3) is 0.105. The highest BCUT2D eigenvalue weighted by Gasteiger charge is 2.24. The number of amides is 2. The number of fused-ring (bicyclic) bond motifs is 3. The summed E-state index contributed by atoms with van der Waals surface area (Å²) in [5.41, 5.74) is 2.49. The van der Waals surface area contributed by atoms with Crippen molar-refractivity contribution in [1.82, 2.24) is 4.98 Å². The molecule has 3 aromatic rings. The van der Waals surface area contributed by atoms with Gasteiger partial charge in [-0.2, -0.15) is 0 Å². The fourth-order valence-electron chi connectivity index (χ4n) is 3.06. The number of nitrogens with one attached hydrogen (secondary N) is 3. The summed E-state index contributed by atoms with van der Waals surface area (Å²) in [6, 6.07) is 9.60. The van der Waals surface area contributed by atoms with Crippen molar-refractivity contribution >= 4 is 61.8 Å². The van der Waals surface area contributed by atoms with Gasteiger partial charge in [0, 0.05) is 27.3 Å². The Kier molecular flexibility index (Phi) is 5.22. The lowest BCUT2D eigenvalue weighted by molar-refractivity contribution is -0.115. The highest BCUT2D eigenvalue weighted by molar-refractivity contribution is 7.92. The fourth-order valence-corrected chi connectivity index (χ4v) is 4.90. The Hall–Kier alpha value is -2.95. The number of hydrogen-bond acceptors (Lipinski definition) is 6. The van der Waals surface area contributed by atoms with E-state index in [1.54, 1.807) is 24.4 Å². The molecule has 0 spiro atoms. The second kappa shape index (κ2) is 7.71. The molecule has 11 heteroatoms. The summed E-state index contributed by atoms with van der Waals surface area (Å²) in [5.74, 6) is -0.582. The Morgan fingerprint density at radius 1 is 1.23 bits per heavy atom. The maximum atomic E-state index is 12.8. The molecule has 0 unspecified atom stereocenters. The van der Waals surface area contributed by atoms with Gasteiger partial charge in [-0.05, 0) is 36.4 Å². The van der Waals surface area contributed by atoms with Crippen LogP contribution in [-0.4, -0.2) is 31.5 Å². The Morgan fingerprint density at radius 2 is 2.00 bits per heavy atom. The molecule has 154 valence electrons. The van der Waals surface area contributed by atoms with Gasteiger partial charge in [-0.15, -0.1) is 11.3 Å². The molecule has 30 heavy (non-hydrogen) atoms. The van der Waals surface area contributed by atoms with E-state index in [2.05, 4.69) is 20.3 Å². The molecule has 0 saturated heterocycles. The molecule has 0 aliphatic carbocycles. The zero-order valence-electron chi connectivity index (χ0n) is 15.5. The summed E-state index contributed by atoms with van der Waals surface area (Å²) in [6.45, 7) is 0.